The predicted molar refractivity (Wildman–Crippen MR) is 128 cm³/mol. The maximum atomic E-state index is 13.0. The van der Waals surface area contributed by atoms with E-state index >= 15 is 0 Å². The molecule has 2 aromatic carbocycles. The molecule has 6 nitrogen and oxygen atoms in total. The van der Waals surface area contributed by atoms with E-state index in [-0.39, 0.29) is 11.8 Å². The zero-order chi connectivity index (χ0) is 22.7. The Labute approximate surface area is 195 Å². The van der Waals surface area contributed by atoms with Crippen LogP contribution in [0.4, 0.5) is 5.00 Å². The molecule has 2 aromatic heterocycles. The van der Waals surface area contributed by atoms with Gasteiger partial charge in [-0.25, -0.2) is 4.68 Å². The lowest BCUT2D eigenvalue weighted by atomic mass is 10.1. The van der Waals surface area contributed by atoms with Crippen LogP contribution in [0.15, 0.2) is 72.9 Å². The minimum atomic E-state index is -0.167. The van der Waals surface area contributed by atoms with Gasteiger partial charge in [0, 0.05) is 42.9 Å². The number of para-hydroxylation sites is 1. The SMILES string of the molecule is CC(=O)Nc1ccc(C(=O)N(C)Cc2cn(-c3ccccc3)nc2-c2ccc(Cl)cc2)s1. The van der Waals surface area contributed by atoms with Crippen LogP contribution < -0.4 is 5.32 Å². The molecule has 4 rings (SSSR count). The molecule has 0 bridgehead atoms. The van der Waals surface area contributed by atoms with Crippen LogP contribution in [0.5, 0.6) is 0 Å². The van der Waals surface area contributed by atoms with Crippen LogP contribution in [-0.4, -0.2) is 33.5 Å². The molecule has 0 spiro atoms. The average Bonchev–Trinajstić information content (AvgIpc) is 3.41. The Morgan fingerprint density at radius 3 is 2.47 bits per heavy atom. The summed E-state index contributed by atoms with van der Waals surface area (Å²) in [6.07, 6.45) is 1.94. The van der Waals surface area contributed by atoms with Gasteiger partial charge in [-0.3, -0.25) is 9.59 Å². The monoisotopic (exact) mass is 464 g/mol. The van der Waals surface area contributed by atoms with Crippen molar-refractivity contribution < 1.29 is 9.59 Å². The molecule has 4 aromatic rings. The number of aromatic nitrogens is 2. The van der Waals surface area contributed by atoms with Crippen molar-refractivity contribution in [3.63, 3.8) is 0 Å². The number of hydrogen-bond acceptors (Lipinski definition) is 4. The summed E-state index contributed by atoms with van der Waals surface area (Å²) in [6.45, 7) is 1.81. The van der Waals surface area contributed by atoms with E-state index in [0.29, 0.717) is 21.4 Å². The maximum Gasteiger partial charge on any atom is 0.264 e. The molecular formula is C24H21ClN4O2S. The number of nitrogens with one attached hydrogen (secondary N) is 1. The summed E-state index contributed by atoms with van der Waals surface area (Å²) in [6, 6.07) is 20.8. The van der Waals surface area contributed by atoms with Crippen molar-refractivity contribution in [1.29, 1.82) is 0 Å². The molecule has 0 atom stereocenters. The zero-order valence-corrected chi connectivity index (χ0v) is 19.2. The van der Waals surface area contributed by atoms with Crippen molar-refractivity contribution in [2.45, 2.75) is 13.5 Å². The smallest absolute Gasteiger partial charge is 0.264 e. The largest absolute Gasteiger partial charge is 0.337 e. The Morgan fingerprint density at radius 1 is 1.06 bits per heavy atom. The van der Waals surface area contributed by atoms with E-state index in [0.717, 1.165) is 22.5 Å². The summed E-state index contributed by atoms with van der Waals surface area (Å²) < 4.78 is 1.82. The highest BCUT2D eigenvalue weighted by atomic mass is 35.5. The van der Waals surface area contributed by atoms with E-state index in [4.69, 9.17) is 16.7 Å². The number of carbonyl (C=O) groups is 2. The lowest BCUT2D eigenvalue weighted by molar-refractivity contribution is -0.114. The second-order valence-electron chi connectivity index (χ2n) is 7.30. The van der Waals surface area contributed by atoms with Gasteiger partial charge >= 0.3 is 0 Å². The molecule has 2 amide bonds. The molecule has 32 heavy (non-hydrogen) atoms. The van der Waals surface area contributed by atoms with Crippen molar-refractivity contribution in [2.24, 2.45) is 0 Å². The zero-order valence-electron chi connectivity index (χ0n) is 17.6. The van der Waals surface area contributed by atoms with Crippen LogP contribution in [0.1, 0.15) is 22.2 Å². The van der Waals surface area contributed by atoms with E-state index in [1.54, 1.807) is 24.1 Å². The molecule has 0 saturated carbocycles. The van der Waals surface area contributed by atoms with Gasteiger partial charge in [0.1, 0.15) is 0 Å². The van der Waals surface area contributed by atoms with E-state index in [1.807, 2.05) is 65.5 Å². The highest BCUT2D eigenvalue weighted by molar-refractivity contribution is 7.18. The highest BCUT2D eigenvalue weighted by Gasteiger charge is 2.19. The first-order valence-corrected chi connectivity index (χ1v) is 11.1. The number of hydrogen-bond donors (Lipinski definition) is 1. The van der Waals surface area contributed by atoms with Crippen molar-refractivity contribution >= 4 is 39.8 Å². The summed E-state index contributed by atoms with van der Waals surface area (Å²) in [5, 5.41) is 8.80. The van der Waals surface area contributed by atoms with Crippen LogP contribution in [0, 0.1) is 0 Å². The number of rotatable bonds is 6. The second kappa shape index (κ2) is 9.38. The third-order valence-electron chi connectivity index (χ3n) is 4.80. The van der Waals surface area contributed by atoms with Gasteiger partial charge in [-0.05, 0) is 36.4 Å². The van der Waals surface area contributed by atoms with E-state index in [2.05, 4.69) is 5.32 Å². The fraction of sp³-hybridized carbons (Fsp3) is 0.125. The van der Waals surface area contributed by atoms with E-state index in [9.17, 15) is 9.59 Å². The number of amides is 2. The Balaban J connectivity index is 1.63. The summed E-state index contributed by atoms with van der Waals surface area (Å²) >= 11 is 7.32. The molecule has 0 aliphatic rings. The Bertz CT molecular complexity index is 1250. The third kappa shape index (κ3) is 4.90. The number of carbonyl (C=O) groups excluding carboxylic acids is 2. The lowest BCUT2D eigenvalue weighted by Gasteiger charge is -2.16. The Hall–Kier alpha value is -3.42. The molecule has 0 aliphatic heterocycles. The summed E-state index contributed by atoms with van der Waals surface area (Å²) in [5.41, 5.74) is 3.55. The number of halogens is 1. The number of thiophene rings is 1. The first-order chi connectivity index (χ1) is 15.4. The quantitative estimate of drug-likeness (QED) is 0.410. The molecule has 162 valence electrons. The second-order valence-corrected chi connectivity index (χ2v) is 8.82. The van der Waals surface area contributed by atoms with Gasteiger partial charge in [0.05, 0.1) is 21.3 Å². The number of benzene rings is 2. The lowest BCUT2D eigenvalue weighted by Crippen LogP contribution is -2.25. The molecule has 0 aliphatic carbocycles. The average molecular weight is 465 g/mol. The molecule has 2 heterocycles. The van der Waals surface area contributed by atoms with Crippen molar-refractivity contribution in [2.75, 3.05) is 12.4 Å². The van der Waals surface area contributed by atoms with Gasteiger partial charge in [0.15, 0.2) is 0 Å². The van der Waals surface area contributed by atoms with Crippen LogP contribution in [0.3, 0.4) is 0 Å². The normalized spacial score (nSPS) is 10.7. The summed E-state index contributed by atoms with van der Waals surface area (Å²) in [5.74, 6) is -0.291. The van der Waals surface area contributed by atoms with Gasteiger partial charge in [-0.2, -0.15) is 5.10 Å². The third-order valence-corrected chi connectivity index (χ3v) is 6.04. The van der Waals surface area contributed by atoms with Gasteiger partial charge in [-0.15, -0.1) is 11.3 Å². The van der Waals surface area contributed by atoms with Crippen molar-refractivity contribution in [3.05, 3.63) is 88.4 Å². The molecule has 0 fully saturated rings. The van der Waals surface area contributed by atoms with Crippen LogP contribution in [-0.2, 0) is 11.3 Å². The minimum Gasteiger partial charge on any atom is -0.337 e. The minimum absolute atomic E-state index is 0.124. The maximum absolute atomic E-state index is 13.0. The first-order valence-electron chi connectivity index (χ1n) is 9.93. The van der Waals surface area contributed by atoms with Crippen LogP contribution in [0.2, 0.25) is 5.02 Å². The molecular weight excluding hydrogens is 444 g/mol. The summed E-state index contributed by atoms with van der Waals surface area (Å²) in [4.78, 5) is 26.5. The van der Waals surface area contributed by atoms with Crippen LogP contribution in [0.25, 0.3) is 16.9 Å². The van der Waals surface area contributed by atoms with Crippen LogP contribution >= 0.6 is 22.9 Å². The molecule has 0 radical (unpaired) electrons. The van der Waals surface area contributed by atoms with Crippen molar-refractivity contribution in [1.82, 2.24) is 14.7 Å². The topological polar surface area (TPSA) is 67.2 Å². The van der Waals surface area contributed by atoms with Gasteiger partial charge in [0.2, 0.25) is 5.91 Å². The predicted octanol–water partition coefficient (Wildman–Crippen LogP) is 5.48. The number of nitrogens with zero attached hydrogens (tertiary/aromatic N) is 3. The highest BCUT2D eigenvalue weighted by Crippen LogP contribution is 2.28. The van der Waals surface area contributed by atoms with E-state index in [1.165, 1.54) is 18.3 Å². The number of anilines is 1. The molecule has 8 heteroatoms. The fourth-order valence-electron chi connectivity index (χ4n) is 3.30. The van der Waals surface area contributed by atoms with Crippen molar-refractivity contribution in [3.8, 4) is 16.9 Å². The molecule has 0 saturated heterocycles. The standard InChI is InChI=1S/C24H21ClN4O2S/c1-16(30)26-22-13-12-21(32-22)24(31)28(2)14-18-15-29(20-6-4-3-5-7-20)27-23(18)17-8-10-19(25)11-9-17/h3-13,15H,14H2,1-2H3,(H,26,30). The Kier molecular flexibility index (Phi) is 6.39. The van der Waals surface area contributed by atoms with Gasteiger partial charge < -0.3 is 10.2 Å². The van der Waals surface area contributed by atoms with Gasteiger partial charge in [0.25, 0.3) is 5.91 Å². The Morgan fingerprint density at radius 2 is 1.78 bits per heavy atom. The summed E-state index contributed by atoms with van der Waals surface area (Å²) in [7, 11) is 1.76. The molecule has 0 unspecified atom stereocenters. The van der Waals surface area contributed by atoms with E-state index < -0.39 is 0 Å². The fourth-order valence-corrected chi connectivity index (χ4v) is 4.37. The first kappa shape index (κ1) is 21.8. The molecule has 1 N–H and O–H groups in total. The van der Waals surface area contributed by atoms with Gasteiger partial charge in [-0.1, -0.05) is 41.9 Å².